The van der Waals surface area contributed by atoms with Gasteiger partial charge in [0.2, 0.25) is 0 Å². The van der Waals surface area contributed by atoms with Crippen LogP contribution in [-0.4, -0.2) is 10.9 Å². The Labute approximate surface area is 68.0 Å². The zero-order chi connectivity index (χ0) is 8.97. The van der Waals surface area contributed by atoms with Gasteiger partial charge in [-0.25, -0.2) is 5.41 Å². The summed E-state index contributed by atoms with van der Waals surface area (Å²) in [5, 5.41) is 16.8. The molecule has 0 saturated carbocycles. The van der Waals surface area contributed by atoms with Gasteiger partial charge in [0.1, 0.15) is 0 Å². The smallest absolute Gasteiger partial charge is 0.258 e. The number of nitrogens with zero attached hydrogens (tertiary/aromatic N) is 2. The molecule has 0 aromatic heterocycles. The fourth-order valence-corrected chi connectivity index (χ4v) is 0.741. The lowest BCUT2D eigenvalue weighted by atomic mass is 10.3. The first-order valence-electron chi connectivity index (χ1n) is 3.11. The van der Waals surface area contributed by atoms with E-state index < -0.39 is 4.92 Å². The highest BCUT2D eigenvalue weighted by molar-refractivity contribution is 5.53. The topological polar surface area (TPSA) is 79.3 Å². The van der Waals surface area contributed by atoms with Crippen LogP contribution in [0.3, 0.4) is 0 Å². The highest BCUT2D eigenvalue weighted by atomic mass is 16.6. The van der Waals surface area contributed by atoms with Crippen molar-refractivity contribution in [2.24, 2.45) is 4.99 Å². The standard InChI is InChI=1S/C7H5N3O2/c8-5-9-6-2-1-3-7(4-6)10(11)12/h1-4,8H. The molecule has 0 saturated heterocycles. The van der Waals surface area contributed by atoms with Crippen LogP contribution < -0.4 is 0 Å². The van der Waals surface area contributed by atoms with Crippen LogP contribution in [0.2, 0.25) is 0 Å². The summed E-state index contributed by atoms with van der Waals surface area (Å²) in [5.74, 6) is 0. The van der Waals surface area contributed by atoms with Gasteiger partial charge in [0.15, 0.2) is 0 Å². The quantitative estimate of drug-likeness (QED) is 0.411. The van der Waals surface area contributed by atoms with Gasteiger partial charge >= 0.3 is 0 Å². The second kappa shape index (κ2) is 3.41. The van der Waals surface area contributed by atoms with Crippen molar-refractivity contribution in [2.75, 3.05) is 0 Å². The normalized spacial score (nSPS) is 8.67. The van der Waals surface area contributed by atoms with Gasteiger partial charge in [-0.3, -0.25) is 10.1 Å². The lowest BCUT2D eigenvalue weighted by Crippen LogP contribution is -1.85. The average Bonchev–Trinajstić information content (AvgIpc) is 2.05. The van der Waals surface area contributed by atoms with Crippen LogP contribution in [0.15, 0.2) is 29.3 Å². The van der Waals surface area contributed by atoms with Crippen molar-refractivity contribution in [1.29, 1.82) is 5.41 Å². The van der Waals surface area contributed by atoms with E-state index in [1.54, 1.807) is 12.1 Å². The first-order valence-corrected chi connectivity index (χ1v) is 3.11. The molecule has 1 N–H and O–H groups in total. The third kappa shape index (κ3) is 1.74. The van der Waals surface area contributed by atoms with Gasteiger partial charge in [-0.1, -0.05) is 6.07 Å². The number of hydrogen-bond acceptors (Lipinski definition) is 4. The van der Waals surface area contributed by atoms with Crippen molar-refractivity contribution >= 4 is 17.4 Å². The van der Waals surface area contributed by atoms with Crippen LogP contribution in [0, 0.1) is 15.5 Å². The molecule has 0 unspecified atom stereocenters. The zero-order valence-corrected chi connectivity index (χ0v) is 6.02. The molecule has 12 heavy (non-hydrogen) atoms. The molecule has 1 aromatic rings. The van der Waals surface area contributed by atoms with Crippen molar-refractivity contribution in [3.8, 4) is 0 Å². The van der Waals surface area contributed by atoms with Crippen LogP contribution in [0.1, 0.15) is 0 Å². The van der Waals surface area contributed by atoms with Crippen molar-refractivity contribution in [1.82, 2.24) is 0 Å². The first-order chi connectivity index (χ1) is 5.74. The van der Waals surface area contributed by atoms with E-state index in [-0.39, 0.29) is 5.69 Å². The van der Waals surface area contributed by atoms with E-state index in [1.807, 2.05) is 0 Å². The van der Waals surface area contributed by atoms with E-state index in [2.05, 4.69) is 4.99 Å². The Morgan fingerprint density at radius 3 is 2.92 bits per heavy atom. The fourth-order valence-electron chi connectivity index (χ4n) is 0.741. The highest BCUT2D eigenvalue weighted by Gasteiger charge is 2.03. The van der Waals surface area contributed by atoms with Crippen molar-refractivity contribution < 1.29 is 4.92 Å². The van der Waals surface area contributed by atoms with Gasteiger partial charge in [-0.05, 0) is 6.07 Å². The van der Waals surface area contributed by atoms with E-state index in [0.29, 0.717) is 5.69 Å². The third-order valence-electron chi connectivity index (χ3n) is 1.23. The summed E-state index contributed by atoms with van der Waals surface area (Å²) in [6.07, 6.45) is 0. The molecule has 0 heterocycles. The van der Waals surface area contributed by atoms with E-state index in [9.17, 15) is 10.1 Å². The number of non-ortho nitro benzene ring substituents is 1. The van der Waals surface area contributed by atoms with Gasteiger partial charge in [0.25, 0.3) is 5.69 Å². The Kier molecular flexibility index (Phi) is 2.30. The van der Waals surface area contributed by atoms with Crippen LogP contribution in [0.25, 0.3) is 0 Å². The molecule has 0 aliphatic rings. The summed E-state index contributed by atoms with van der Waals surface area (Å²) < 4.78 is 0. The van der Waals surface area contributed by atoms with Crippen molar-refractivity contribution in [3.63, 3.8) is 0 Å². The number of rotatable bonds is 2. The first kappa shape index (κ1) is 8.10. The van der Waals surface area contributed by atoms with Crippen LogP contribution >= 0.6 is 0 Å². The molecule has 0 radical (unpaired) electrons. The molecule has 0 amide bonds. The fraction of sp³-hybridized carbons (Fsp3) is 0. The summed E-state index contributed by atoms with van der Waals surface area (Å²) in [5.41, 5.74) is 0.325. The Bertz CT molecular complexity index is 338. The molecular weight excluding hydrogens is 158 g/mol. The second-order valence-corrected chi connectivity index (χ2v) is 2.00. The van der Waals surface area contributed by atoms with Crippen LogP contribution in [-0.2, 0) is 0 Å². The maximum Gasteiger partial charge on any atom is 0.271 e. The minimum atomic E-state index is -0.511. The van der Waals surface area contributed by atoms with Gasteiger partial charge in [-0.15, -0.1) is 0 Å². The largest absolute Gasteiger partial charge is 0.271 e. The number of nitro groups is 1. The summed E-state index contributed by atoms with van der Waals surface area (Å²) >= 11 is 0. The number of benzene rings is 1. The molecule has 1 aromatic carbocycles. The summed E-state index contributed by atoms with van der Waals surface area (Å²) in [6, 6.07) is 7.52. The van der Waals surface area contributed by atoms with Gasteiger partial charge in [0.05, 0.1) is 16.6 Å². The summed E-state index contributed by atoms with van der Waals surface area (Å²) in [6.45, 7) is 0. The maximum atomic E-state index is 10.3. The van der Waals surface area contributed by atoms with E-state index in [0.717, 1.165) is 0 Å². The lowest BCUT2D eigenvalue weighted by molar-refractivity contribution is -0.384. The predicted molar refractivity (Wildman–Crippen MR) is 42.9 cm³/mol. The van der Waals surface area contributed by atoms with Gasteiger partial charge in [-0.2, -0.15) is 4.99 Å². The number of aliphatic imine (C=N–C) groups is 1. The number of nitrogens with one attached hydrogen (secondary N) is 1. The van der Waals surface area contributed by atoms with Gasteiger partial charge < -0.3 is 0 Å². The van der Waals surface area contributed by atoms with E-state index in [1.165, 1.54) is 18.2 Å². The highest BCUT2D eigenvalue weighted by Crippen LogP contribution is 2.18. The zero-order valence-electron chi connectivity index (χ0n) is 6.02. The van der Waals surface area contributed by atoms with E-state index in [4.69, 9.17) is 5.41 Å². The molecule has 0 aliphatic carbocycles. The molecule has 1 rings (SSSR count). The third-order valence-corrected chi connectivity index (χ3v) is 1.23. The molecule has 0 fully saturated rings. The Hall–Kier alpha value is -2.00. The SMILES string of the molecule is N=C=Nc1cccc([N+](=O)[O-])c1. The Balaban J connectivity index is 3.11. The summed E-state index contributed by atoms with van der Waals surface area (Å²) in [4.78, 5) is 13.2. The number of nitro benzene ring substituents is 1. The maximum absolute atomic E-state index is 10.3. The molecule has 60 valence electrons. The minimum absolute atomic E-state index is 0.0356. The van der Waals surface area contributed by atoms with Crippen molar-refractivity contribution in [3.05, 3.63) is 34.4 Å². The average molecular weight is 163 g/mol. The molecule has 0 atom stereocenters. The Morgan fingerprint density at radius 2 is 2.33 bits per heavy atom. The number of hydrogen-bond donors (Lipinski definition) is 1. The monoisotopic (exact) mass is 163 g/mol. The van der Waals surface area contributed by atoms with Crippen molar-refractivity contribution in [2.45, 2.75) is 0 Å². The van der Waals surface area contributed by atoms with Gasteiger partial charge in [0, 0.05) is 12.1 Å². The minimum Gasteiger partial charge on any atom is -0.258 e. The molecule has 0 aliphatic heterocycles. The van der Waals surface area contributed by atoms with Crippen LogP contribution in [0.4, 0.5) is 11.4 Å². The van der Waals surface area contributed by atoms with Crippen LogP contribution in [0.5, 0.6) is 0 Å². The predicted octanol–water partition coefficient (Wildman–Crippen LogP) is 1.98. The summed E-state index contributed by atoms with van der Waals surface area (Å²) in [7, 11) is 0. The molecule has 0 spiro atoms. The Morgan fingerprint density at radius 1 is 1.58 bits per heavy atom. The second-order valence-electron chi connectivity index (χ2n) is 2.00. The lowest BCUT2D eigenvalue weighted by Gasteiger charge is -1.90. The molecular formula is C7H5N3O2. The molecule has 0 bridgehead atoms. The van der Waals surface area contributed by atoms with E-state index >= 15 is 0 Å². The molecule has 5 heteroatoms. The molecule has 5 nitrogen and oxygen atoms in total.